The molecule has 2 amide bonds. The summed E-state index contributed by atoms with van der Waals surface area (Å²) in [6.45, 7) is 13.0. The highest BCUT2D eigenvalue weighted by Gasteiger charge is 2.34. The third-order valence-electron chi connectivity index (χ3n) is 6.32. The number of thioether (sulfide) groups is 1. The van der Waals surface area contributed by atoms with Gasteiger partial charge in [-0.1, -0.05) is 77.9 Å². The summed E-state index contributed by atoms with van der Waals surface area (Å²) in [6.07, 6.45) is 0. The molecular weight excluding hydrogens is 452 g/mol. The molecule has 35 heavy (non-hydrogen) atoms. The minimum absolute atomic E-state index is 0.0403. The summed E-state index contributed by atoms with van der Waals surface area (Å²) in [5.74, 6) is 0.381. The van der Waals surface area contributed by atoms with Crippen LogP contribution in [-0.2, 0) is 15.6 Å². The lowest BCUT2D eigenvalue weighted by molar-refractivity contribution is -0.115. The van der Waals surface area contributed by atoms with Crippen molar-refractivity contribution in [1.82, 2.24) is 0 Å². The summed E-state index contributed by atoms with van der Waals surface area (Å²) in [4.78, 5) is 27.6. The van der Waals surface area contributed by atoms with E-state index in [0.29, 0.717) is 11.3 Å². The zero-order chi connectivity index (χ0) is 25.4. The number of nitrogens with one attached hydrogen (secondary N) is 1. The molecule has 1 saturated heterocycles. The minimum atomic E-state index is -0.146. The highest BCUT2D eigenvalue weighted by Crippen LogP contribution is 2.42. The number of hydrogen-bond donors (Lipinski definition) is 1. The molecule has 182 valence electrons. The predicted molar refractivity (Wildman–Crippen MR) is 147 cm³/mol. The molecule has 3 aromatic rings. The number of carbonyl (C=O) groups excluding carboxylic acids is 2. The van der Waals surface area contributed by atoms with Gasteiger partial charge in [0.1, 0.15) is 5.37 Å². The summed E-state index contributed by atoms with van der Waals surface area (Å²) < 4.78 is 0. The molecule has 1 aliphatic rings. The van der Waals surface area contributed by atoms with E-state index in [2.05, 4.69) is 59.0 Å². The number of carbonyl (C=O) groups is 2. The predicted octanol–water partition coefficient (Wildman–Crippen LogP) is 7.31. The molecule has 1 aliphatic heterocycles. The highest BCUT2D eigenvalue weighted by molar-refractivity contribution is 8.00. The van der Waals surface area contributed by atoms with Gasteiger partial charge in [0.15, 0.2) is 0 Å². The third kappa shape index (κ3) is 5.62. The first-order valence-electron chi connectivity index (χ1n) is 12.0. The molecule has 5 heteroatoms. The van der Waals surface area contributed by atoms with Crippen LogP contribution in [0.5, 0.6) is 0 Å². The van der Waals surface area contributed by atoms with Crippen LogP contribution in [-0.4, -0.2) is 17.6 Å². The minimum Gasteiger partial charge on any atom is -0.322 e. The van der Waals surface area contributed by atoms with E-state index >= 15 is 0 Å². The SMILES string of the molecule is CC(C)(C)c1ccc(C(=O)Nc2cccc(C3SCC(=O)N3c3ccc(C(C)(C)C)cc3)c2)cc1. The van der Waals surface area contributed by atoms with Crippen LogP contribution >= 0.6 is 11.8 Å². The van der Waals surface area contributed by atoms with Crippen molar-refractivity contribution >= 4 is 35.0 Å². The molecule has 4 rings (SSSR count). The fourth-order valence-electron chi connectivity index (χ4n) is 4.17. The van der Waals surface area contributed by atoms with Crippen LogP contribution in [0.25, 0.3) is 0 Å². The molecule has 1 atom stereocenters. The average Bonchev–Trinajstić information content (AvgIpc) is 3.19. The Labute approximate surface area is 213 Å². The Morgan fingerprint density at radius 3 is 2.00 bits per heavy atom. The van der Waals surface area contributed by atoms with Crippen LogP contribution in [0, 0.1) is 0 Å². The van der Waals surface area contributed by atoms with Crippen LogP contribution in [0.3, 0.4) is 0 Å². The van der Waals surface area contributed by atoms with Gasteiger partial charge in [-0.15, -0.1) is 11.8 Å². The van der Waals surface area contributed by atoms with Crippen molar-refractivity contribution < 1.29 is 9.59 Å². The van der Waals surface area contributed by atoms with Gasteiger partial charge < -0.3 is 5.32 Å². The zero-order valence-electron chi connectivity index (χ0n) is 21.4. The first-order valence-corrected chi connectivity index (χ1v) is 13.0. The number of rotatable bonds is 4. The molecule has 0 aliphatic carbocycles. The van der Waals surface area contributed by atoms with Gasteiger partial charge in [0, 0.05) is 16.9 Å². The van der Waals surface area contributed by atoms with E-state index in [9.17, 15) is 9.59 Å². The van der Waals surface area contributed by atoms with Crippen molar-refractivity contribution in [2.45, 2.75) is 57.7 Å². The lowest BCUT2D eigenvalue weighted by atomic mass is 9.87. The number of amides is 2. The maximum atomic E-state index is 12.9. The van der Waals surface area contributed by atoms with Gasteiger partial charge in [0.05, 0.1) is 5.75 Å². The second-order valence-corrected chi connectivity index (χ2v) is 12.2. The van der Waals surface area contributed by atoms with Gasteiger partial charge in [0.2, 0.25) is 5.91 Å². The van der Waals surface area contributed by atoms with Crippen molar-refractivity contribution in [3.63, 3.8) is 0 Å². The fraction of sp³-hybridized carbons (Fsp3) is 0.333. The van der Waals surface area contributed by atoms with Crippen molar-refractivity contribution in [2.24, 2.45) is 0 Å². The molecule has 0 aromatic heterocycles. The monoisotopic (exact) mass is 486 g/mol. The van der Waals surface area contributed by atoms with Crippen LogP contribution in [0.1, 0.15) is 74.0 Å². The molecule has 0 spiro atoms. The van der Waals surface area contributed by atoms with Crippen molar-refractivity contribution in [3.8, 4) is 0 Å². The second kappa shape index (κ2) is 9.54. The highest BCUT2D eigenvalue weighted by atomic mass is 32.2. The Morgan fingerprint density at radius 1 is 0.857 bits per heavy atom. The second-order valence-electron chi connectivity index (χ2n) is 11.1. The van der Waals surface area contributed by atoms with E-state index in [-0.39, 0.29) is 28.0 Å². The number of nitrogens with zero attached hydrogens (tertiary/aromatic N) is 1. The molecule has 3 aromatic carbocycles. The quantitative estimate of drug-likeness (QED) is 0.420. The molecule has 1 heterocycles. The number of anilines is 2. The van der Waals surface area contributed by atoms with Gasteiger partial charge in [0.25, 0.3) is 5.91 Å². The van der Waals surface area contributed by atoms with Gasteiger partial charge >= 0.3 is 0 Å². The summed E-state index contributed by atoms with van der Waals surface area (Å²) in [5.41, 5.74) is 5.74. The topological polar surface area (TPSA) is 49.4 Å². The molecule has 4 nitrogen and oxygen atoms in total. The Morgan fingerprint density at radius 2 is 1.43 bits per heavy atom. The van der Waals surface area contributed by atoms with Crippen LogP contribution < -0.4 is 10.2 Å². The zero-order valence-corrected chi connectivity index (χ0v) is 22.2. The molecule has 0 bridgehead atoms. The first kappa shape index (κ1) is 25.1. The van der Waals surface area contributed by atoms with Gasteiger partial charge in [-0.3, -0.25) is 14.5 Å². The smallest absolute Gasteiger partial charge is 0.255 e. The molecule has 1 unspecified atom stereocenters. The maximum absolute atomic E-state index is 12.9. The normalized spacial score (nSPS) is 16.5. The Hall–Kier alpha value is -3.05. The Kier molecular flexibility index (Phi) is 6.83. The van der Waals surface area contributed by atoms with Crippen molar-refractivity contribution in [2.75, 3.05) is 16.0 Å². The van der Waals surface area contributed by atoms with E-state index in [1.807, 2.05) is 65.6 Å². The molecule has 1 N–H and O–H groups in total. The average molecular weight is 487 g/mol. The van der Waals surface area contributed by atoms with Gasteiger partial charge in [-0.05, 0) is 63.9 Å². The summed E-state index contributed by atoms with van der Waals surface area (Å²) in [7, 11) is 0. The Balaban J connectivity index is 1.53. The van der Waals surface area contributed by atoms with Crippen LogP contribution in [0.15, 0.2) is 72.8 Å². The van der Waals surface area contributed by atoms with E-state index in [1.54, 1.807) is 11.8 Å². The molecule has 0 radical (unpaired) electrons. The van der Waals surface area contributed by atoms with E-state index in [0.717, 1.165) is 16.9 Å². The third-order valence-corrected chi connectivity index (χ3v) is 7.53. The van der Waals surface area contributed by atoms with E-state index in [1.165, 1.54) is 11.1 Å². The maximum Gasteiger partial charge on any atom is 0.255 e. The van der Waals surface area contributed by atoms with Gasteiger partial charge in [-0.2, -0.15) is 0 Å². The van der Waals surface area contributed by atoms with E-state index in [4.69, 9.17) is 0 Å². The summed E-state index contributed by atoms with van der Waals surface area (Å²) >= 11 is 1.61. The fourth-order valence-corrected chi connectivity index (χ4v) is 5.33. The number of hydrogen-bond acceptors (Lipinski definition) is 3. The Bertz CT molecular complexity index is 1220. The van der Waals surface area contributed by atoms with Crippen molar-refractivity contribution in [3.05, 3.63) is 95.1 Å². The first-order chi connectivity index (χ1) is 16.4. The molecule has 1 fully saturated rings. The number of benzene rings is 3. The molecule has 0 saturated carbocycles. The van der Waals surface area contributed by atoms with Crippen LogP contribution in [0.4, 0.5) is 11.4 Å². The van der Waals surface area contributed by atoms with Crippen LogP contribution in [0.2, 0.25) is 0 Å². The van der Waals surface area contributed by atoms with Gasteiger partial charge in [-0.25, -0.2) is 0 Å². The summed E-state index contributed by atoms with van der Waals surface area (Å²) in [6, 6.07) is 23.8. The molecular formula is C30H34N2O2S. The lowest BCUT2D eigenvalue weighted by Gasteiger charge is -2.26. The summed E-state index contributed by atoms with van der Waals surface area (Å²) in [5, 5.41) is 2.89. The van der Waals surface area contributed by atoms with Crippen molar-refractivity contribution in [1.29, 1.82) is 0 Å². The standard InChI is InChI=1S/C30H34N2O2S/c1-29(2,3)22-12-10-20(11-13-22)27(34)31-24-9-7-8-21(18-24)28-32(26(33)19-35-28)25-16-14-23(15-17-25)30(4,5)6/h7-18,28H,19H2,1-6H3,(H,31,34). The van der Waals surface area contributed by atoms with E-state index < -0.39 is 0 Å². The lowest BCUT2D eigenvalue weighted by Crippen LogP contribution is -2.28. The largest absolute Gasteiger partial charge is 0.322 e.